The lowest BCUT2D eigenvalue weighted by molar-refractivity contribution is -0.111. The van der Waals surface area contributed by atoms with Crippen molar-refractivity contribution >= 4 is 39.8 Å². The van der Waals surface area contributed by atoms with Crippen molar-refractivity contribution in [2.24, 2.45) is 7.05 Å². The fraction of sp³-hybridized carbons (Fsp3) is 0.300. The van der Waals surface area contributed by atoms with Crippen molar-refractivity contribution in [3.63, 3.8) is 0 Å². The number of fused-ring (bicyclic) bond motifs is 1. The summed E-state index contributed by atoms with van der Waals surface area (Å²) in [5.41, 5.74) is 5.11. The number of para-hydroxylation sites is 1. The van der Waals surface area contributed by atoms with E-state index in [4.69, 9.17) is 9.72 Å². The Labute approximate surface area is 229 Å². The van der Waals surface area contributed by atoms with Gasteiger partial charge in [-0.3, -0.25) is 4.79 Å². The highest BCUT2D eigenvalue weighted by atomic mass is 16.5. The SMILES string of the molecule is C=CC(=O)Nc1cc(Nc2nccc(-c3cn(C)c4ccccc34)n2)c(OC)cc1N(C)CC1CCCN1C. The number of amides is 1. The second kappa shape index (κ2) is 11.2. The Balaban J connectivity index is 1.48. The van der Waals surface area contributed by atoms with Crippen molar-refractivity contribution in [1.29, 1.82) is 0 Å². The molecule has 1 aliphatic heterocycles. The van der Waals surface area contributed by atoms with E-state index in [1.807, 2.05) is 44.4 Å². The van der Waals surface area contributed by atoms with Crippen LogP contribution in [-0.2, 0) is 11.8 Å². The number of aromatic nitrogens is 3. The third-order valence-electron chi connectivity index (χ3n) is 7.40. The Kier molecular flexibility index (Phi) is 7.51. The average Bonchev–Trinajstić information content (AvgIpc) is 3.51. The van der Waals surface area contributed by atoms with E-state index in [-0.39, 0.29) is 5.91 Å². The van der Waals surface area contributed by atoms with Crippen LogP contribution >= 0.6 is 0 Å². The van der Waals surface area contributed by atoms with Crippen LogP contribution < -0.4 is 20.3 Å². The number of methoxy groups -OCH3 is 1. The van der Waals surface area contributed by atoms with Gasteiger partial charge in [0.05, 0.1) is 29.9 Å². The first-order chi connectivity index (χ1) is 18.9. The second-order valence-electron chi connectivity index (χ2n) is 9.98. The molecule has 9 nitrogen and oxygen atoms in total. The van der Waals surface area contributed by atoms with Gasteiger partial charge in [0, 0.05) is 61.6 Å². The molecule has 39 heavy (non-hydrogen) atoms. The Morgan fingerprint density at radius 2 is 2.05 bits per heavy atom. The topological polar surface area (TPSA) is 87.5 Å². The van der Waals surface area contributed by atoms with Gasteiger partial charge in [0.15, 0.2) is 0 Å². The van der Waals surface area contributed by atoms with Crippen molar-refractivity contribution in [3.8, 4) is 17.0 Å². The van der Waals surface area contributed by atoms with E-state index in [9.17, 15) is 4.79 Å². The van der Waals surface area contributed by atoms with Gasteiger partial charge < -0.3 is 29.7 Å². The first kappa shape index (κ1) is 26.2. The fourth-order valence-electron chi connectivity index (χ4n) is 5.29. The van der Waals surface area contributed by atoms with Crippen LogP contribution in [0.15, 0.2) is 67.5 Å². The molecule has 1 fully saturated rings. The molecule has 202 valence electrons. The maximum absolute atomic E-state index is 12.4. The molecular weight excluding hydrogens is 490 g/mol. The van der Waals surface area contributed by atoms with E-state index in [1.54, 1.807) is 13.3 Å². The summed E-state index contributed by atoms with van der Waals surface area (Å²) >= 11 is 0. The van der Waals surface area contributed by atoms with Crippen LogP contribution in [0.5, 0.6) is 5.75 Å². The van der Waals surface area contributed by atoms with Crippen LogP contribution in [-0.4, -0.2) is 65.7 Å². The third kappa shape index (κ3) is 5.44. The van der Waals surface area contributed by atoms with Gasteiger partial charge in [-0.2, -0.15) is 0 Å². The number of hydrogen-bond donors (Lipinski definition) is 2. The summed E-state index contributed by atoms with van der Waals surface area (Å²) in [5, 5.41) is 7.39. The van der Waals surface area contributed by atoms with Crippen molar-refractivity contribution in [2.75, 3.05) is 49.8 Å². The summed E-state index contributed by atoms with van der Waals surface area (Å²) in [5.74, 6) is 0.758. The fourth-order valence-corrected chi connectivity index (χ4v) is 5.29. The van der Waals surface area contributed by atoms with Crippen molar-refractivity contribution in [2.45, 2.75) is 18.9 Å². The normalized spacial score (nSPS) is 15.3. The van der Waals surface area contributed by atoms with Gasteiger partial charge in [-0.05, 0) is 50.7 Å². The number of aryl methyl sites for hydroxylation is 1. The molecule has 1 aliphatic rings. The summed E-state index contributed by atoms with van der Waals surface area (Å²) in [6.07, 6.45) is 7.42. The van der Waals surface area contributed by atoms with E-state index >= 15 is 0 Å². The van der Waals surface area contributed by atoms with Crippen LogP contribution in [0.1, 0.15) is 12.8 Å². The molecular formula is C30H35N7O2. The predicted octanol–water partition coefficient (Wildman–Crippen LogP) is 5.04. The van der Waals surface area contributed by atoms with E-state index < -0.39 is 0 Å². The predicted molar refractivity (Wildman–Crippen MR) is 158 cm³/mol. The number of likely N-dealkylation sites (N-methyl/N-ethyl adjacent to an activating group) is 2. The van der Waals surface area contributed by atoms with Gasteiger partial charge in [-0.15, -0.1) is 0 Å². The molecule has 4 aromatic rings. The highest BCUT2D eigenvalue weighted by molar-refractivity contribution is 6.02. The number of carbonyl (C=O) groups is 1. The molecule has 2 N–H and O–H groups in total. The average molecular weight is 526 g/mol. The van der Waals surface area contributed by atoms with Gasteiger partial charge in [-0.1, -0.05) is 24.8 Å². The Bertz CT molecular complexity index is 1510. The van der Waals surface area contributed by atoms with E-state index in [0.717, 1.165) is 47.4 Å². The minimum atomic E-state index is -0.284. The summed E-state index contributed by atoms with van der Waals surface area (Å²) < 4.78 is 7.86. The number of anilines is 4. The van der Waals surface area contributed by atoms with Crippen LogP contribution in [0.3, 0.4) is 0 Å². The zero-order valence-corrected chi connectivity index (χ0v) is 22.9. The first-order valence-electron chi connectivity index (χ1n) is 13.1. The summed E-state index contributed by atoms with van der Waals surface area (Å²) in [4.78, 5) is 26.2. The molecule has 0 saturated carbocycles. The van der Waals surface area contributed by atoms with E-state index in [1.165, 1.54) is 12.5 Å². The van der Waals surface area contributed by atoms with Crippen LogP contribution in [0.2, 0.25) is 0 Å². The van der Waals surface area contributed by atoms with Crippen molar-refractivity contribution in [1.82, 2.24) is 19.4 Å². The number of likely N-dealkylation sites (tertiary alicyclic amines) is 1. The number of rotatable bonds is 9. The Hall–Kier alpha value is -4.37. The molecule has 1 amide bonds. The molecule has 3 heterocycles. The van der Waals surface area contributed by atoms with Crippen molar-refractivity contribution < 1.29 is 9.53 Å². The third-order valence-corrected chi connectivity index (χ3v) is 7.40. The second-order valence-corrected chi connectivity index (χ2v) is 9.98. The molecule has 0 bridgehead atoms. The lowest BCUT2D eigenvalue weighted by atomic mass is 10.1. The molecule has 0 aliphatic carbocycles. The van der Waals surface area contributed by atoms with Crippen molar-refractivity contribution in [3.05, 3.63) is 67.5 Å². The highest BCUT2D eigenvalue weighted by Gasteiger charge is 2.24. The van der Waals surface area contributed by atoms with Gasteiger partial charge in [0.2, 0.25) is 11.9 Å². The Morgan fingerprint density at radius 3 is 2.79 bits per heavy atom. The van der Waals surface area contributed by atoms with Crippen LogP contribution in [0.4, 0.5) is 23.0 Å². The molecule has 2 aromatic carbocycles. The minimum absolute atomic E-state index is 0.284. The standard InChI is InChI=1S/C30H35N7O2/c1-6-29(38)32-24-16-25(28(39-5)17-27(24)36(3)18-20-10-9-15-35(20)2)34-30-31-14-13-23(33-30)22-19-37(4)26-12-8-7-11-21(22)26/h6-8,11-14,16-17,19-20H,1,9-10,15,18H2,2-5H3,(H,32,38)(H,31,33,34). The molecule has 5 rings (SSSR count). The molecule has 0 radical (unpaired) electrons. The van der Waals surface area contributed by atoms with E-state index in [2.05, 4.69) is 61.9 Å². The number of benzene rings is 2. The highest BCUT2D eigenvalue weighted by Crippen LogP contribution is 2.38. The number of ether oxygens (including phenoxy) is 1. The molecule has 1 saturated heterocycles. The van der Waals surface area contributed by atoms with E-state index in [0.29, 0.717) is 29.1 Å². The molecule has 0 spiro atoms. The lowest BCUT2D eigenvalue weighted by Gasteiger charge is -2.29. The van der Waals surface area contributed by atoms with Crippen LogP contribution in [0, 0.1) is 0 Å². The number of nitrogens with one attached hydrogen (secondary N) is 2. The lowest BCUT2D eigenvalue weighted by Crippen LogP contribution is -2.37. The largest absolute Gasteiger partial charge is 0.494 e. The smallest absolute Gasteiger partial charge is 0.247 e. The Morgan fingerprint density at radius 1 is 1.23 bits per heavy atom. The summed E-state index contributed by atoms with van der Waals surface area (Å²) in [6.45, 7) is 5.55. The van der Waals surface area contributed by atoms with Gasteiger partial charge in [0.25, 0.3) is 0 Å². The van der Waals surface area contributed by atoms with Gasteiger partial charge >= 0.3 is 0 Å². The molecule has 1 atom stereocenters. The molecule has 2 aromatic heterocycles. The summed E-state index contributed by atoms with van der Waals surface area (Å²) in [6, 6.07) is 14.4. The first-order valence-corrected chi connectivity index (χ1v) is 13.1. The minimum Gasteiger partial charge on any atom is -0.494 e. The maximum atomic E-state index is 12.4. The molecule has 1 unspecified atom stereocenters. The zero-order chi connectivity index (χ0) is 27.5. The van der Waals surface area contributed by atoms with Gasteiger partial charge in [-0.25, -0.2) is 9.97 Å². The number of carbonyl (C=O) groups excluding carboxylic acids is 1. The quantitative estimate of drug-likeness (QED) is 0.296. The number of hydrogen-bond acceptors (Lipinski definition) is 7. The van der Waals surface area contributed by atoms with Gasteiger partial charge in [0.1, 0.15) is 5.75 Å². The zero-order valence-electron chi connectivity index (χ0n) is 22.9. The summed E-state index contributed by atoms with van der Waals surface area (Å²) in [7, 11) is 7.85. The van der Waals surface area contributed by atoms with Crippen LogP contribution in [0.25, 0.3) is 22.2 Å². The maximum Gasteiger partial charge on any atom is 0.247 e. The monoisotopic (exact) mass is 525 g/mol. The number of nitrogens with zero attached hydrogens (tertiary/aromatic N) is 5. The molecule has 9 heteroatoms.